The first-order valence-corrected chi connectivity index (χ1v) is 5.39. The molecule has 13 heavy (non-hydrogen) atoms. The molecule has 0 atom stereocenters. The normalized spacial score (nSPS) is 10.0. The van der Waals surface area contributed by atoms with Crippen molar-refractivity contribution in [2.75, 3.05) is 11.9 Å². The number of hydrogen-bond acceptors (Lipinski definition) is 1. The van der Waals surface area contributed by atoms with Crippen LogP contribution in [0.3, 0.4) is 0 Å². The summed E-state index contributed by atoms with van der Waals surface area (Å²) >= 11 is 3.34. The SMILES string of the molecule is Fc1ccc(OCCCCBr)cc1. The molecule has 1 rings (SSSR count). The Labute approximate surface area is 86.0 Å². The van der Waals surface area contributed by atoms with Crippen molar-refractivity contribution in [1.82, 2.24) is 0 Å². The second-order valence-electron chi connectivity index (χ2n) is 2.70. The summed E-state index contributed by atoms with van der Waals surface area (Å²) in [6.07, 6.45) is 2.11. The zero-order chi connectivity index (χ0) is 9.52. The molecule has 0 heterocycles. The van der Waals surface area contributed by atoms with Crippen molar-refractivity contribution in [3.63, 3.8) is 0 Å². The van der Waals surface area contributed by atoms with Crippen LogP contribution in [-0.2, 0) is 0 Å². The highest BCUT2D eigenvalue weighted by Crippen LogP contribution is 2.11. The Morgan fingerprint density at radius 3 is 2.46 bits per heavy atom. The summed E-state index contributed by atoms with van der Waals surface area (Å²) in [7, 11) is 0. The van der Waals surface area contributed by atoms with Crippen LogP contribution in [0.5, 0.6) is 5.75 Å². The number of alkyl halides is 1. The molecule has 3 heteroatoms. The van der Waals surface area contributed by atoms with Crippen molar-refractivity contribution in [2.45, 2.75) is 12.8 Å². The zero-order valence-corrected chi connectivity index (χ0v) is 8.89. The van der Waals surface area contributed by atoms with Gasteiger partial charge in [-0.05, 0) is 37.1 Å². The van der Waals surface area contributed by atoms with E-state index in [9.17, 15) is 4.39 Å². The summed E-state index contributed by atoms with van der Waals surface area (Å²) in [6, 6.07) is 6.09. The van der Waals surface area contributed by atoms with Gasteiger partial charge in [0.25, 0.3) is 0 Å². The number of benzene rings is 1. The summed E-state index contributed by atoms with van der Waals surface area (Å²) < 4.78 is 17.8. The van der Waals surface area contributed by atoms with E-state index >= 15 is 0 Å². The van der Waals surface area contributed by atoms with Crippen molar-refractivity contribution in [3.8, 4) is 5.75 Å². The van der Waals surface area contributed by atoms with Crippen LogP contribution >= 0.6 is 15.9 Å². The third-order valence-corrected chi connectivity index (χ3v) is 2.17. The molecule has 0 bridgehead atoms. The lowest BCUT2D eigenvalue weighted by molar-refractivity contribution is 0.309. The van der Waals surface area contributed by atoms with Gasteiger partial charge in [-0.3, -0.25) is 0 Å². The quantitative estimate of drug-likeness (QED) is 0.572. The van der Waals surface area contributed by atoms with Crippen molar-refractivity contribution in [2.24, 2.45) is 0 Å². The van der Waals surface area contributed by atoms with E-state index in [2.05, 4.69) is 15.9 Å². The molecular formula is C10H12BrFO. The molecule has 0 aliphatic heterocycles. The van der Waals surface area contributed by atoms with E-state index in [0.29, 0.717) is 6.61 Å². The molecular weight excluding hydrogens is 235 g/mol. The Morgan fingerprint density at radius 1 is 1.15 bits per heavy atom. The zero-order valence-electron chi connectivity index (χ0n) is 7.30. The van der Waals surface area contributed by atoms with Gasteiger partial charge < -0.3 is 4.74 Å². The predicted octanol–water partition coefficient (Wildman–Crippen LogP) is 3.38. The van der Waals surface area contributed by atoms with E-state index in [1.807, 2.05) is 0 Å². The molecule has 1 nitrogen and oxygen atoms in total. The maximum Gasteiger partial charge on any atom is 0.123 e. The molecule has 0 amide bonds. The average Bonchev–Trinajstić information content (AvgIpc) is 2.15. The van der Waals surface area contributed by atoms with Gasteiger partial charge in [-0.1, -0.05) is 15.9 Å². The van der Waals surface area contributed by atoms with Crippen molar-refractivity contribution in [1.29, 1.82) is 0 Å². The molecule has 72 valence electrons. The minimum Gasteiger partial charge on any atom is -0.494 e. The Hall–Kier alpha value is -0.570. The Balaban J connectivity index is 2.25. The molecule has 0 spiro atoms. The van der Waals surface area contributed by atoms with Crippen LogP contribution in [0.1, 0.15) is 12.8 Å². The minimum absolute atomic E-state index is 0.229. The van der Waals surface area contributed by atoms with Gasteiger partial charge >= 0.3 is 0 Å². The minimum atomic E-state index is -0.229. The van der Waals surface area contributed by atoms with E-state index < -0.39 is 0 Å². The third kappa shape index (κ3) is 4.27. The van der Waals surface area contributed by atoms with E-state index in [1.165, 1.54) is 12.1 Å². The molecule has 1 aromatic rings. The fourth-order valence-corrected chi connectivity index (χ4v) is 1.31. The highest BCUT2D eigenvalue weighted by atomic mass is 79.9. The lowest BCUT2D eigenvalue weighted by atomic mass is 10.3. The van der Waals surface area contributed by atoms with Crippen LogP contribution in [0.2, 0.25) is 0 Å². The Morgan fingerprint density at radius 2 is 1.85 bits per heavy atom. The number of ether oxygens (including phenoxy) is 1. The van der Waals surface area contributed by atoms with E-state index in [1.54, 1.807) is 12.1 Å². The maximum absolute atomic E-state index is 12.5. The first-order chi connectivity index (χ1) is 6.33. The van der Waals surface area contributed by atoms with Gasteiger partial charge in [-0.15, -0.1) is 0 Å². The second kappa shape index (κ2) is 5.97. The van der Waals surface area contributed by atoms with Crippen molar-refractivity contribution < 1.29 is 9.13 Å². The Kier molecular flexibility index (Phi) is 4.83. The fraction of sp³-hybridized carbons (Fsp3) is 0.400. The van der Waals surface area contributed by atoms with E-state index in [-0.39, 0.29) is 5.82 Å². The summed E-state index contributed by atoms with van der Waals surface area (Å²) in [5.41, 5.74) is 0. The van der Waals surface area contributed by atoms with Gasteiger partial charge in [0.1, 0.15) is 11.6 Å². The van der Waals surface area contributed by atoms with Crippen molar-refractivity contribution in [3.05, 3.63) is 30.1 Å². The molecule has 0 saturated carbocycles. The van der Waals surface area contributed by atoms with Gasteiger partial charge in [0.2, 0.25) is 0 Å². The molecule has 1 aromatic carbocycles. The highest BCUT2D eigenvalue weighted by Gasteiger charge is 1.93. The monoisotopic (exact) mass is 246 g/mol. The lowest BCUT2D eigenvalue weighted by Crippen LogP contribution is -1.97. The molecule has 0 fully saturated rings. The summed E-state index contributed by atoms with van der Waals surface area (Å²) in [6.45, 7) is 0.692. The Bertz CT molecular complexity index is 235. The number of rotatable bonds is 5. The van der Waals surface area contributed by atoms with Crippen molar-refractivity contribution >= 4 is 15.9 Å². The van der Waals surface area contributed by atoms with Crippen LogP contribution in [0, 0.1) is 5.82 Å². The second-order valence-corrected chi connectivity index (χ2v) is 3.49. The summed E-state index contributed by atoms with van der Waals surface area (Å²) in [4.78, 5) is 0. The van der Waals surface area contributed by atoms with Gasteiger partial charge in [0.05, 0.1) is 6.61 Å². The van der Waals surface area contributed by atoms with Crippen LogP contribution in [-0.4, -0.2) is 11.9 Å². The summed E-state index contributed by atoms with van der Waals surface area (Å²) in [5.74, 6) is 0.504. The van der Waals surface area contributed by atoms with Crippen LogP contribution in [0.15, 0.2) is 24.3 Å². The van der Waals surface area contributed by atoms with Crippen LogP contribution < -0.4 is 4.74 Å². The number of halogens is 2. The maximum atomic E-state index is 12.5. The standard InChI is InChI=1S/C10H12BrFO/c11-7-1-2-8-13-10-5-3-9(12)4-6-10/h3-6H,1-2,7-8H2. The topological polar surface area (TPSA) is 9.23 Å². The first kappa shape index (κ1) is 10.5. The molecule has 0 unspecified atom stereocenters. The third-order valence-electron chi connectivity index (χ3n) is 1.61. The number of unbranched alkanes of at least 4 members (excludes halogenated alkanes) is 1. The smallest absolute Gasteiger partial charge is 0.123 e. The predicted molar refractivity (Wildman–Crippen MR) is 54.9 cm³/mol. The molecule has 0 saturated heterocycles. The van der Waals surface area contributed by atoms with Crippen LogP contribution in [0.25, 0.3) is 0 Å². The van der Waals surface area contributed by atoms with E-state index in [4.69, 9.17) is 4.74 Å². The molecule has 0 N–H and O–H groups in total. The largest absolute Gasteiger partial charge is 0.494 e. The molecule has 0 radical (unpaired) electrons. The fourth-order valence-electron chi connectivity index (χ4n) is 0.917. The van der Waals surface area contributed by atoms with Gasteiger partial charge in [0.15, 0.2) is 0 Å². The molecule has 0 aliphatic carbocycles. The molecule has 0 aliphatic rings. The van der Waals surface area contributed by atoms with E-state index in [0.717, 1.165) is 23.9 Å². The molecule has 0 aromatic heterocycles. The summed E-state index contributed by atoms with van der Waals surface area (Å²) in [5, 5.41) is 1.000. The van der Waals surface area contributed by atoms with Crippen LogP contribution in [0.4, 0.5) is 4.39 Å². The first-order valence-electron chi connectivity index (χ1n) is 4.27. The van der Waals surface area contributed by atoms with Gasteiger partial charge in [-0.2, -0.15) is 0 Å². The van der Waals surface area contributed by atoms with Gasteiger partial charge in [-0.25, -0.2) is 4.39 Å². The average molecular weight is 247 g/mol. The highest BCUT2D eigenvalue weighted by molar-refractivity contribution is 9.09. The lowest BCUT2D eigenvalue weighted by Gasteiger charge is -2.04. The number of hydrogen-bond donors (Lipinski definition) is 0. The van der Waals surface area contributed by atoms with Gasteiger partial charge in [0, 0.05) is 5.33 Å².